The fourth-order valence-corrected chi connectivity index (χ4v) is 4.02. The predicted octanol–water partition coefficient (Wildman–Crippen LogP) is 4.93. The summed E-state index contributed by atoms with van der Waals surface area (Å²) in [6, 6.07) is 10.8. The summed E-state index contributed by atoms with van der Waals surface area (Å²) in [5.41, 5.74) is 3.52. The van der Waals surface area contributed by atoms with Crippen molar-refractivity contribution >= 4 is 63.8 Å². The summed E-state index contributed by atoms with van der Waals surface area (Å²) in [6.45, 7) is 0. The monoisotopic (exact) mass is 484 g/mol. The molecule has 0 unspecified atom stereocenters. The third-order valence-electron chi connectivity index (χ3n) is 5.38. The van der Waals surface area contributed by atoms with Gasteiger partial charge in [0.25, 0.3) is 5.91 Å². The van der Waals surface area contributed by atoms with Crippen LogP contribution in [-0.4, -0.2) is 35.9 Å². The van der Waals surface area contributed by atoms with Crippen LogP contribution in [0.4, 0.5) is 28.8 Å². The summed E-state index contributed by atoms with van der Waals surface area (Å²) in [5, 5.41) is 9.45. The van der Waals surface area contributed by atoms with Gasteiger partial charge in [-0.3, -0.25) is 9.59 Å². The molecule has 0 radical (unpaired) electrons. The van der Waals surface area contributed by atoms with E-state index in [9.17, 15) is 9.59 Å². The van der Waals surface area contributed by atoms with E-state index in [0.29, 0.717) is 34.5 Å². The van der Waals surface area contributed by atoms with Gasteiger partial charge in [-0.2, -0.15) is 4.98 Å². The van der Waals surface area contributed by atoms with Crippen molar-refractivity contribution in [3.63, 3.8) is 0 Å². The standard InChI is InChI=1S/C23H22Cl2N6O2/c1-26-22(33)15-6-4-7-16(24)20(15)29-21-17(25)12-27-23(30-21)28-14-9-10-18-13(11-14)5-3-8-19(32)31(18)2/h4,6-7,9-12H,3,5,8H2,1-2H3,(H,26,33)(H2,27,28,29,30). The van der Waals surface area contributed by atoms with Gasteiger partial charge in [0, 0.05) is 31.9 Å². The number of hydrogen-bond donors (Lipinski definition) is 3. The number of aromatic nitrogens is 2. The van der Waals surface area contributed by atoms with E-state index in [1.807, 2.05) is 18.2 Å². The normalized spacial score (nSPS) is 13.2. The van der Waals surface area contributed by atoms with E-state index < -0.39 is 0 Å². The lowest BCUT2D eigenvalue weighted by Gasteiger charge is -2.18. The number of halogens is 2. The summed E-state index contributed by atoms with van der Waals surface area (Å²) >= 11 is 12.6. The molecule has 1 aromatic heterocycles. The lowest BCUT2D eigenvalue weighted by molar-refractivity contribution is -0.118. The van der Waals surface area contributed by atoms with Crippen LogP contribution in [0.2, 0.25) is 10.0 Å². The number of aryl methyl sites for hydroxylation is 1. The highest BCUT2D eigenvalue weighted by atomic mass is 35.5. The molecule has 0 aliphatic carbocycles. The van der Waals surface area contributed by atoms with Crippen LogP contribution in [0.15, 0.2) is 42.6 Å². The summed E-state index contributed by atoms with van der Waals surface area (Å²) in [4.78, 5) is 34.8. The quantitative estimate of drug-likeness (QED) is 0.474. The Balaban J connectivity index is 1.61. The molecule has 2 aromatic carbocycles. The topological polar surface area (TPSA) is 99.2 Å². The molecule has 0 fully saturated rings. The van der Waals surface area contributed by atoms with Gasteiger partial charge < -0.3 is 20.9 Å². The molecule has 1 aliphatic rings. The van der Waals surface area contributed by atoms with Gasteiger partial charge in [0.2, 0.25) is 11.9 Å². The molecule has 3 aromatic rings. The molecular formula is C23H22Cl2N6O2. The summed E-state index contributed by atoms with van der Waals surface area (Å²) in [6.07, 6.45) is 3.61. The van der Waals surface area contributed by atoms with Gasteiger partial charge in [0.05, 0.1) is 22.5 Å². The molecule has 0 spiro atoms. The molecule has 1 aliphatic heterocycles. The number of fused-ring (bicyclic) bond motifs is 1. The maximum Gasteiger partial charge on any atom is 0.253 e. The van der Waals surface area contributed by atoms with Crippen LogP contribution < -0.4 is 20.9 Å². The summed E-state index contributed by atoms with van der Waals surface area (Å²) in [7, 11) is 3.34. The van der Waals surface area contributed by atoms with E-state index in [-0.39, 0.29) is 16.8 Å². The van der Waals surface area contributed by atoms with E-state index >= 15 is 0 Å². The third-order valence-corrected chi connectivity index (χ3v) is 5.97. The zero-order valence-electron chi connectivity index (χ0n) is 18.1. The molecule has 33 heavy (non-hydrogen) atoms. The molecule has 0 saturated carbocycles. The number of amides is 2. The van der Waals surface area contributed by atoms with Crippen molar-refractivity contribution in [2.45, 2.75) is 19.3 Å². The Bertz CT molecular complexity index is 1230. The SMILES string of the molecule is CNC(=O)c1cccc(Cl)c1Nc1nc(Nc2ccc3c(c2)CCCC(=O)N3C)ncc1Cl. The number of hydrogen-bond acceptors (Lipinski definition) is 6. The first-order valence-corrected chi connectivity index (χ1v) is 11.1. The molecule has 0 saturated heterocycles. The molecule has 0 bridgehead atoms. The lowest BCUT2D eigenvalue weighted by atomic mass is 10.1. The minimum absolute atomic E-state index is 0.113. The minimum atomic E-state index is -0.294. The average Bonchev–Trinajstić information content (AvgIpc) is 2.94. The van der Waals surface area contributed by atoms with Crippen LogP contribution in [0, 0.1) is 0 Å². The molecule has 4 rings (SSSR count). The Kier molecular flexibility index (Phi) is 6.67. The van der Waals surface area contributed by atoms with Gasteiger partial charge in [0.1, 0.15) is 5.02 Å². The Morgan fingerprint density at radius 2 is 1.91 bits per heavy atom. The fourth-order valence-electron chi connectivity index (χ4n) is 3.66. The van der Waals surface area contributed by atoms with Crippen molar-refractivity contribution in [2.75, 3.05) is 29.6 Å². The number of para-hydroxylation sites is 1. The second kappa shape index (κ2) is 9.64. The smallest absolute Gasteiger partial charge is 0.253 e. The zero-order chi connectivity index (χ0) is 23.5. The van der Waals surface area contributed by atoms with Crippen LogP contribution in [0.25, 0.3) is 0 Å². The first kappa shape index (κ1) is 22.8. The third kappa shape index (κ3) is 4.86. The van der Waals surface area contributed by atoms with Crippen molar-refractivity contribution in [1.29, 1.82) is 0 Å². The first-order valence-electron chi connectivity index (χ1n) is 10.3. The molecule has 0 atom stereocenters. The van der Waals surface area contributed by atoms with Crippen LogP contribution >= 0.6 is 23.2 Å². The van der Waals surface area contributed by atoms with Gasteiger partial charge in [-0.15, -0.1) is 0 Å². The number of anilines is 5. The molecule has 2 heterocycles. The van der Waals surface area contributed by atoms with E-state index in [2.05, 4.69) is 25.9 Å². The van der Waals surface area contributed by atoms with E-state index in [1.165, 1.54) is 6.20 Å². The number of carbonyl (C=O) groups is 2. The summed E-state index contributed by atoms with van der Waals surface area (Å²) in [5.74, 6) is 0.430. The van der Waals surface area contributed by atoms with Gasteiger partial charge in [-0.05, 0) is 48.7 Å². The molecule has 170 valence electrons. The fraction of sp³-hybridized carbons (Fsp3) is 0.217. The van der Waals surface area contributed by atoms with Gasteiger partial charge >= 0.3 is 0 Å². The van der Waals surface area contributed by atoms with Crippen molar-refractivity contribution in [2.24, 2.45) is 0 Å². The Morgan fingerprint density at radius 3 is 2.70 bits per heavy atom. The largest absolute Gasteiger partial charge is 0.355 e. The Morgan fingerprint density at radius 1 is 1.09 bits per heavy atom. The highest BCUT2D eigenvalue weighted by Gasteiger charge is 2.19. The molecule has 3 N–H and O–H groups in total. The van der Waals surface area contributed by atoms with Crippen molar-refractivity contribution < 1.29 is 9.59 Å². The van der Waals surface area contributed by atoms with E-state index in [4.69, 9.17) is 23.2 Å². The molecule has 8 nitrogen and oxygen atoms in total. The molecule has 10 heteroatoms. The van der Waals surface area contributed by atoms with Crippen LogP contribution in [0.1, 0.15) is 28.8 Å². The van der Waals surface area contributed by atoms with E-state index in [1.54, 1.807) is 37.2 Å². The van der Waals surface area contributed by atoms with E-state index in [0.717, 1.165) is 29.8 Å². The second-order valence-corrected chi connectivity index (χ2v) is 8.35. The second-order valence-electron chi connectivity index (χ2n) is 7.53. The van der Waals surface area contributed by atoms with Gasteiger partial charge in [0.15, 0.2) is 5.82 Å². The Hall–Kier alpha value is -3.36. The van der Waals surface area contributed by atoms with Crippen LogP contribution in [-0.2, 0) is 11.2 Å². The number of rotatable bonds is 5. The first-order chi connectivity index (χ1) is 15.9. The van der Waals surface area contributed by atoms with Crippen LogP contribution in [0.3, 0.4) is 0 Å². The highest BCUT2D eigenvalue weighted by Crippen LogP contribution is 2.33. The number of carbonyl (C=O) groups excluding carboxylic acids is 2. The highest BCUT2D eigenvalue weighted by molar-refractivity contribution is 6.35. The van der Waals surface area contributed by atoms with Crippen LogP contribution in [0.5, 0.6) is 0 Å². The number of nitrogens with one attached hydrogen (secondary N) is 3. The Labute approximate surface area is 201 Å². The lowest BCUT2D eigenvalue weighted by Crippen LogP contribution is -2.24. The maximum atomic E-state index is 12.2. The summed E-state index contributed by atoms with van der Waals surface area (Å²) < 4.78 is 0. The average molecular weight is 485 g/mol. The molecular weight excluding hydrogens is 463 g/mol. The maximum absolute atomic E-state index is 12.2. The van der Waals surface area contributed by atoms with Crippen molar-refractivity contribution in [3.05, 3.63) is 63.8 Å². The van der Waals surface area contributed by atoms with Crippen molar-refractivity contribution in [3.8, 4) is 0 Å². The number of benzene rings is 2. The molecule has 2 amide bonds. The zero-order valence-corrected chi connectivity index (χ0v) is 19.6. The van der Waals surface area contributed by atoms with Crippen molar-refractivity contribution in [1.82, 2.24) is 15.3 Å². The number of nitrogens with zero attached hydrogens (tertiary/aromatic N) is 3. The van der Waals surface area contributed by atoms with Gasteiger partial charge in [-0.25, -0.2) is 4.98 Å². The van der Waals surface area contributed by atoms with Gasteiger partial charge in [-0.1, -0.05) is 29.3 Å². The predicted molar refractivity (Wildman–Crippen MR) is 131 cm³/mol. The minimum Gasteiger partial charge on any atom is -0.355 e.